The molecule has 0 unspecified atom stereocenters. The number of alkyl halides is 2. The number of halogens is 2. The van der Waals surface area contributed by atoms with Crippen LogP contribution in [0, 0.1) is 0 Å². The zero-order valence-corrected chi connectivity index (χ0v) is 20.3. The monoisotopic (exact) mass is 512 g/mol. The first kappa shape index (κ1) is 24.2. The third-order valence-corrected chi connectivity index (χ3v) is 8.87. The van der Waals surface area contributed by atoms with Crippen molar-refractivity contribution in [2.45, 2.75) is 36.2 Å². The number of carbonyl (C=O) groups excluding carboxylic acids is 1. The summed E-state index contributed by atoms with van der Waals surface area (Å²) < 4.78 is 59.9. The lowest BCUT2D eigenvalue weighted by Crippen LogP contribution is -2.47. The van der Waals surface area contributed by atoms with Gasteiger partial charge in [-0.1, -0.05) is 60.7 Å². The summed E-state index contributed by atoms with van der Waals surface area (Å²) in [6.45, 7) is 1.32. The summed E-state index contributed by atoms with van der Waals surface area (Å²) in [5.74, 6) is 0. The molecule has 1 spiro atoms. The fourth-order valence-corrected chi connectivity index (χ4v) is 6.64. The van der Waals surface area contributed by atoms with Crippen molar-refractivity contribution in [2.75, 3.05) is 23.9 Å². The van der Waals surface area contributed by atoms with Crippen LogP contribution in [0.3, 0.4) is 0 Å². The molecular weight excluding hydrogens is 486 g/mol. The van der Waals surface area contributed by atoms with E-state index in [0.717, 1.165) is 23.3 Å². The van der Waals surface area contributed by atoms with Gasteiger partial charge >= 0.3 is 6.09 Å². The Balaban J connectivity index is 1.32. The van der Waals surface area contributed by atoms with E-state index in [1.807, 2.05) is 42.5 Å². The largest absolute Gasteiger partial charge is 0.445 e. The minimum absolute atomic E-state index is 0.0271. The number of rotatable bonds is 5. The lowest BCUT2D eigenvalue weighted by atomic mass is 9.74. The van der Waals surface area contributed by atoms with Crippen LogP contribution in [0.4, 0.5) is 19.3 Å². The van der Waals surface area contributed by atoms with Gasteiger partial charge in [0.1, 0.15) is 6.61 Å². The molecule has 1 amide bonds. The van der Waals surface area contributed by atoms with Gasteiger partial charge in [-0.05, 0) is 42.2 Å². The molecule has 0 saturated carbocycles. The van der Waals surface area contributed by atoms with E-state index >= 15 is 0 Å². The highest BCUT2D eigenvalue weighted by Crippen LogP contribution is 2.48. The molecule has 1 saturated heterocycles. The number of sulfonamides is 1. The van der Waals surface area contributed by atoms with Crippen molar-refractivity contribution in [1.29, 1.82) is 0 Å². The highest BCUT2D eigenvalue weighted by atomic mass is 32.2. The van der Waals surface area contributed by atoms with Gasteiger partial charge in [-0.15, -0.1) is 0 Å². The van der Waals surface area contributed by atoms with Crippen molar-refractivity contribution in [2.24, 2.45) is 0 Å². The fourth-order valence-electron chi connectivity index (χ4n) is 5.07. The first-order valence-corrected chi connectivity index (χ1v) is 13.2. The number of piperidine rings is 1. The molecule has 0 radical (unpaired) electrons. The number of fused-ring (bicyclic) bond motifs is 2. The van der Waals surface area contributed by atoms with Gasteiger partial charge < -0.3 is 9.64 Å². The van der Waals surface area contributed by atoms with E-state index in [-0.39, 0.29) is 29.7 Å². The van der Waals surface area contributed by atoms with Gasteiger partial charge in [-0.3, -0.25) is 4.31 Å². The van der Waals surface area contributed by atoms with Crippen molar-refractivity contribution >= 4 is 21.8 Å². The summed E-state index contributed by atoms with van der Waals surface area (Å²) in [4.78, 5) is 14.3. The topological polar surface area (TPSA) is 66.9 Å². The smallest absolute Gasteiger partial charge is 0.410 e. The standard InChI is InChI=1S/C27H26F2N2O4S/c28-25(29)21-10-12-22(13-11-21)36(33,34)31-19-27(23-8-4-5-9-24(23)31)14-16-30(17-15-27)26(32)35-18-20-6-2-1-3-7-20/h1-13,25H,14-19H2. The molecular formula is C27H26F2N2O4S. The molecule has 0 aliphatic carbocycles. The SMILES string of the molecule is O=C(OCc1ccccc1)N1CCC2(CC1)CN(S(=O)(=O)c1ccc(C(F)F)cc1)c1ccccc12. The second kappa shape index (κ2) is 9.54. The van der Waals surface area contributed by atoms with E-state index < -0.39 is 21.9 Å². The van der Waals surface area contributed by atoms with Crippen LogP contribution < -0.4 is 4.31 Å². The third kappa shape index (κ3) is 4.43. The summed E-state index contributed by atoms with van der Waals surface area (Å²) in [6.07, 6.45) is -1.88. The lowest BCUT2D eigenvalue weighted by molar-refractivity contribution is 0.0791. The Morgan fingerprint density at radius 2 is 1.56 bits per heavy atom. The fraction of sp³-hybridized carbons (Fsp3) is 0.296. The number of likely N-dealkylation sites (tertiary alicyclic amines) is 1. The Morgan fingerprint density at radius 3 is 2.22 bits per heavy atom. The van der Waals surface area contributed by atoms with Crippen LogP contribution in [0.25, 0.3) is 0 Å². The minimum atomic E-state index is -3.96. The molecule has 188 valence electrons. The number of amides is 1. The van der Waals surface area contributed by atoms with Crippen LogP contribution in [0.15, 0.2) is 83.8 Å². The first-order valence-electron chi connectivity index (χ1n) is 11.8. The number of hydrogen-bond acceptors (Lipinski definition) is 4. The molecule has 0 bridgehead atoms. The normalized spacial score (nSPS) is 16.9. The Kier molecular flexibility index (Phi) is 6.42. The third-order valence-electron chi connectivity index (χ3n) is 7.09. The second-order valence-corrected chi connectivity index (χ2v) is 11.1. The Morgan fingerprint density at radius 1 is 0.917 bits per heavy atom. The van der Waals surface area contributed by atoms with Gasteiger partial charge in [0.25, 0.3) is 16.4 Å². The van der Waals surface area contributed by atoms with Crippen molar-refractivity contribution in [3.05, 3.63) is 95.6 Å². The first-order chi connectivity index (χ1) is 17.3. The molecule has 6 nitrogen and oxygen atoms in total. The van der Waals surface area contributed by atoms with Crippen molar-refractivity contribution in [3.8, 4) is 0 Å². The maximum atomic E-state index is 13.6. The molecule has 5 rings (SSSR count). The van der Waals surface area contributed by atoms with Crippen LogP contribution in [0.2, 0.25) is 0 Å². The summed E-state index contributed by atoms with van der Waals surface area (Å²) in [7, 11) is -3.96. The van der Waals surface area contributed by atoms with Gasteiger partial charge in [0, 0.05) is 30.6 Å². The van der Waals surface area contributed by atoms with Crippen LogP contribution in [-0.2, 0) is 26.8 Å². The number of ether oxygens (including phenoxy) is 1. The number of nitrogens with zero attached hydrogens (tertiary/aromatic N) is 2. The summed E-state index contributed by atoms with van der Waals surface area (Å²) in [6, 6.07) is 21.6. The average molecular weight is 513 g/mol. The molecule has 2 aliphatic rings. The summed E-state index contributed by atoms with van der Waals surface area (Å²) >= 11 is 0. The quantitative estimate of drug-likeness (QED) is 0.453. The number of hydrogen-bond donors (Lipinski definition) is 0. The maximum absolute atomic E-state index is 13.6. The molecule has 0 aromatic heterocycles. The van der Waals surface area contributed by atoms with Gasteiger partial charge in [-0.25, -0.2) is 22.0 Å². The van der Waals surface area contributed by atoms with E-state index in [1.165, 1.54) is 16.4 Å². The van der Waals surface area contributed by atoms with Gasteiger partial charge in [0.15, 0.2) is 0 Å². The maximum Gasteiger partial charge on any atom is 0.410 e. The van der Waals surface area contributed by atoms with Gasteiger partial charge in [0.2, 0.25) is 0 Å². The lowest BCUT2D eigenvalue weighted by Gasteiger charge is -2.39. The van der Waals surface area contributed by atoms with Crippen LogP contribution in [-0.4, -0.2) is 39.0 Å². The summed E-state index contributed by atoms with van der Waals surface area (Å²) in [5, 5.41) is 0. The zero-order chi connectivity index (χ0) is 25.3. The molecule has 2 heterocycles. The molecule has 3 aromatic carbocycles. The molecule has 1 fully saturated rings. The van der Waals surface area contributed by atoms with Crippen LogP contribution in [0.5, 0.6) is 0 Å². The minimum Gasteiger partial charge on any atom is -0.445 e. The number of para-hydroxylation sites is 1. The number of benzene rings is 3. The Labute approximate surface area is 209 Å². The Hall–Kier alpha value is -3.46. The predicted molar refractivity (Wildman–Crippen MR) is 131 cm³/mol. The number of carbonyl (C=O) groups is 1. The highest BCUT2D eigenvalue weighted by molar-refractivity contribution is 7.92. The van der Waals surface area contributed by atoms with E-state index in [1.54, 1.807) is 17.0 Å². The van der Waals surface area contributed by atoms with E-state index in [2.05, 4.69) is 0 Å². The number of anilines is 1. The zero-order valence-electron chi connectivity index (χ0n) is 19.5. The molecule has 9 heteroatoms. The van der Waals surface area contributed by atoms with Crippen LogP contribution >= 0.6 is 0 Å². The van der Waals surface area contributed by atoms with E-state index in [4.69, 9.17) is 4.74 Å². The van der Waals surface area contributed by atoms with Gasteiger partial charge in [0.05, 0.1) is 10.6 Å². The average Bonchev–Trinajstić information content (AvgIpc) is 3.23. The van der Waals surface area contributed by atoms with Crippen LogP contribution in [0.1, 0.15) is 36.0 Å². The molecule has 3 aromatic rings. The van der Waals surface area contributed by atoms with Crippen molar-refractivity contribution < 1.29 is 26.7 Å². The van der Waals surface area contributed by atoms with E-state index in [0.29, 0.717) is 31.6 Å². The van der Waals surface area contributed by atoms with Gasteiger partial charge in [-0.2, -0.15) is 0 Å². The summed E-state index contributed by atoms with van der Waals surface area (Å²) in [5.41, 5.74) is 1.76. The van der Waals surface area contributed by atoms with E-state index in [9.17, 15) is 22.0 Å². The molecule has 0 atom stereocenters. The molecule has 2 aliphatic heterocycles. The Bertz CT molecular complexity index is 1340. The molecule has 0 N–H and O–H groups in total. The predicted octanol–water partition coefficient (Wildman–Crippen LogP) is 5.50. The highest BCUT2D eigenvalue weighted by Gasteiger charge is 2.48. The van der Waals surface area contributed by atoms with Crippen molar-refractivity contribution in [3.63, 3.8) is 0 Å². The van der Waals surface area contributed by atoms with Crippen molar-refractivity contribution in [1.82, 2.24) is 4.90 Å². The second-order valence-electron chi connectivity index (χ2n) is 9.21. The molecule has 36 heavy (non-hydrogen) atoms.